The zero-order chi connectivity index (χ0) is 20.9. The van der Waals surface area contributed by atoms with Gasteiger partial charge in [0.15, 0.2) is 0 Å². The highest BCUT2D eigenvalue weighted by Crippen LogP contribution is 2.30. The van der Waals surface area contributed by atoms with Gasteiger partial charge in [-0.15, -0.1) is 10.2 Å². The lowest BCUT2D eigenvalue weighted by molar-refractivity contribution is 0.0992. The Bertz CT molecular complexity index is 1130. The number of amides is 1. The average Bonchev–Trinajstić information content (AvgIpc) is 3.33. The second-order valence-corrected chi connectivity index (χ2v) is 6.92. The second-order valence-electron chi connectivity index (χ2n) is 6.92. The van der Waals surface area contributed by atoms with Gasteiger partial charge in [0, 0.05) is 18.2 Å². The van der Waals surface area contributed by atoms with Crippen LogP contribution in [0.5, 0.6) is 5.75 Å². The van der Waals surface area contributed by atoms with E-state index in [1.54, 1.807) is 24.1 Å². The third-order valence-electron chi connectivity index (χ3n) is 4.75. The quantitative estimate of drug-likeness (QED) is 0.529. The third kappa shape index (κ3) is 4.20. The first-order valence-electron chi connectivity index (χ1n) is 9.51. The maximum atomic E-state index is 12.9. The molecule has 0 bridgehead atoms. The lowest BCUT2D eigenvalue weighted by atomic mass is 10.1. The number of benzene rings is 3. The van der Waals surface area contributed by atoms with Gasteiger partial charge in [-0.3, -0.25) is 4.79 Å². The number of H-pyrrole nitrogens is 1. The van der Waals surface area contributed by atoms with Gasteiger partial charge in [-0.05, 0) is 47.5 Å². The maximum absolute atomic E-state index is 12.9. The number of hydrogen-bond donors (Lipinski definition) is 1. The molecule has 1 N–H and O–H groups in total. The van der Waals surface area contributed by atoms with Gasteiger partial charge < -0.3 is 9.64 Å². The van der Waals surface area contributed by atoms with E-state index in [1.165, 1.54) is 0 Å². The molecule has 150 valence electrons. The molecular weight excluding hydrogens is 378 g/mol. The van der Waals surface area contributed by atoms with Crippen molar-refractivity contribution in [2.24, 2.45) is 0 Å². The van der Waals surface area contributed by atoms with E-state index in [1.807, 2.05) is 67.6 Å². The van der Waals surface area contributed by atoms with Gasteiger partial charge in [0.05, 0.1) is 5.69 Å². The number of rotatable bonds is 6. The molecule has 4 rings (SSSR count). The summed E-state index contributed by atoms with van der Waals surface area (Å²) < 4.78 is 6.10. The Kier molecular flexibility index (Phi) is 5.52. The fourth-order valence-corrected chi connectivity index (χ4v) is 3.09. The van der Waals surface area contributed by atoms with Gasteiger partial charge in [-0.1, -0.05) is 48.5 Å². The van der Waals surface area contributed by atoms with Crippen molar-refractivity contribution in [3.8, 4) is 17.1 Å². The summed E-state index contributed by atoms with van der Waals surface area (Å²) in [4.78, 5) is 14.5. The SMILES string of the molecule is Cc1ccc(N(C)C(=O)c2ccccc2)c(OCc2ccc(-c3nn[nH]n3)cc2)c1. The molecule has 0 saturated carbocycles. The molecule has 0 aliphatic rings. The van der Waals surface area contributed by atoms with Crippen molar-refractivity contribution in [1.82, 2.24) is 20.6 Å². The highest BCUT2D eigenvalue weighted by Gasteiger charge is 2.17. The molecule has 30 heavy (non-hydrogen) atoms. The van der Waals surface area contributed by atoms with Crippen LogP contribution in [-0.4, -0.2) is 33.6 Å². The average molecular weight is 399 g/mol. The predicted molar refractivity (Wildman–Crippen MR) is 114 cm³/mol. The fourth-order valence-electron chi connectivity index (χ4n) is 3.09. The maximum Gasteiger partial charge on any atom is 0.258 e. The first-order chi connectivity index (χ1) is 14.6. The first kappa shape index (κ1) is 19.3. The minimum Gasteiger partial charge on any atom is -0.487 e. The molecule has 0 aliphatic carbocycles. The predicted octanol–water partition coefficient (Wildman–Crippen LogP) is 4.03. The molecule has 0 aliphatic heterocycles. The van der Waals surface area contributed by atoms with Crippen molar-refractivity contribution < 1.29 is 9.53 Å². The summed E-state index contributed by atoms with van der Waals surface area (Å²) in [5.74, 6) is 1.11. The van der Waals surface area contributed by atoms with Crippen molar-refractivity contribution in [3.05, 3.63) is 89.5 Å². The van der Waals surface area contributed by atoms with Crippen LogP contribution < -0.4 is 9.64 Å². The number of nitrogens with zero attached hydrogens (tertiary/aromatic N) is 4. The Hall–Kier alpha value is -4.00. The van der Waals surface area contributed by atoms with E-state index in [0.717, 1.165) is 22.4 Å². The molecule has 0 radical (unpaired) electrons. The summed E-state index contributed by atoms with van der Waals surface area (Å²) in [5.41, 5.74) is 4.27. The number of ether oxygens (including phenoxy) is 1. The Morgan fingerprint density at radius 1 is 1.03 bits per heavy atom. The number of aryl methyl sites for hydroxylation is 1. The van der Waals surface area contributed by atoms with E-state index in [9.17, 15) is 4.79 Å². The molecule has 1 amide bonds. The fraction of sp³-hybridized carbons (Fsp3) is 0.130. The Morgan fingerprint density at radius 3 is 2.50 bits per heavy atom. The molecule has 0 unspecified atom stereocenters. The van der Waals surface area contributed by atoms with Crippen molar-refractivity contribution in [2.45, 2.75) is 13.5 Å². The van der Waals surface area contributed by atoms with Crippen LogP contribution in [0.4, 0.5) is 5.69 Å². The second kappa shape index (κ2) is 8.57. The van der Waals surface area contributed by atoms with Gasteiger partial charge in [-0.25, -0.2) is 0 Å². The molecule has 7 heteroatoms. The van der Waals surface area contributed by atoms with E-state index in [2.05, 4.69) is 20.6 Å². The van der Waals surface area contributed by atoms with Gasteiger partial charge in [0.1, 0.15) is 12.4 Å². The molecule has 0 atom stereocenters. The molecule has 0 fully saturated rings. The van der Waals surface area contributed by atoms with Crippen molar-refractivity contribution in [2.75, 3.05) is 11.9 Å². The van der Waals surface area contributed by atoms with Gasteiger partial charge in [0.25, 0.3) is 5.91 Å². The monoisotopic (exact) mass is 399 g/mol. The summed E-state index contributed by atoms with van der Waals surface area (Å²) in [6, 6.07) is 22.8. The number of hydrogen-bond acceptors (Lipinski definition) is 5. The highest BCUT2D eigenvalue weighted by atomic mass is 16.5. The van der Waals surface area contributed by atoms with Crippen molar-refractivity contribution in [1.29, 1.82) is 0 Å². The van der Waals surface area contributed by atoms with Crippen LogP contribution in [0.1, 0.15) is 21.5 Å². The normalized spacial score (nSPS) is 10.6. The molecular formula is C23H21N5O2. The summed E-state index contributed by atoms with van der Waals surface area (Å²) >= 11 is 0. The van der Waals surface area contributed by atoms with E-state index in [-0.39, 0.29) is 5.91 Å². The van der Waals surface area contributed by atoms with E-state index in [4.69, 9.17) is 4.74 Å². The van der Waals surface area contributed by atoms with Crippen LogP contribution in [-0.2, 0) is 6.61 Å². The third-order valence-corrected chi connectivity index (χ3v) is 4.75. The van der Waals surface area contributed by atoms with Gasteiger partial charge in [0.2, 0.25) is 5.82 Å². The number of aromatic amines is 1. The zero-order valence-electron chi connectivity index (χ0n) is 16.7. The zero-order valence-corrected chi connectivity index (χ0v) is 16.7. The number of anilines is 1. The summed E-state index contributed by atoms with van der Waals surface area (Å²) in [5, 5.41) is 14.0. The topological polar surface area (TPSA) is 84.0 Å². The minimum atomic E-state index is -0.0891. The molecule has 4 aromatic rings. The molecule has 1 aromatic heterocycles. The van der Waals surface area contributed by atoms with Crippen LogP contribution in [0.25, 0.3) is 11.4 Å². The number of carbonyl (C=O) groups is 1. The number of tetrazole rings is 1. The molecule has 0 saturated heterocycles. The Labute approximate surface area is 174 Å². The molecule has 3 aromatic carbocycles. The lowest BCUT2D eigenvalue weighted by Gasteiger charge is -2.21. The van der Waals surface area contributed by atoms with E-state index in [0.29, 0.717) is 23.7 Å². The number of aromatic nitrogens is 4. The first-order valence-corrected chi connectivity index (χ1v) is 9.51. The van der Waals surface area contributed by atoms with E-state index >= 15 is 0 Å². The van der Waals surface area contributed by atoms with E-state index < -0.39 is 0 Å². The molecule has 1 heterocycles. The number of nitrogens with one attached hydrogen (secondary N) is 1. The van der Waals surface area contributed by atoms with Gasteiger partial charge >= 0.3 is 0 Å². The van der Waals surface area contributed by atoms with Crippen molar-refractivity contribution in [3.63, 3.8) is 0 Å². The lowest BCUT2D eigenvalue weighted by Crippen LogP contribution is -2.26. The van der Waals surface area contributed by atoms with Crippen LogP contribution in [0.2, 0.25) is 0 Å². The smallest absolute Gasteiger partial charge is 0.258 e. The summed E-state index contributed by atoms with van der Waals surface area (Å²) in [6.45, 7) is 2.37. The minimum absolute atomic E-state index is 0.0891. The summed E-state index contributed by atoms with van der Waals surface area (Å²) in [6.07, 6.45) is 0. The molecule has 7 nitrogen and oxygen atoms in total. The van der Waals surface area contributed by atoms with Crippen LogP contribution in [0.15, 0.2) is 72.8 Å². The van der Waals surface area contributed by atoms with Gasteiger partial charge in [-0.2, -0.15) is 5.21 Å². The number of carbonyl (C=O) groups excluding carboxylic acids is 1. The van der Waals surface area contributed by atoms with Crippen LogP contribution in [0.3, 0.4) is 0 Å². The standard InChI is InChI=1S/C23H21N5O2/c1-16-8-13-20(28(2)23(29)19-6-4-3-5-7-19)21(14-16)30-15-17-9-11-18(12-10-17)22-24-26-27-25-22/h3-14H,15H2,1-2H3,(H,24,25,26,27). The van der Waals surface area contributed by atoms with Crippen molar-refractivity contribution >= 4 is 11.6 Å². The largest absolute Gasteiger partial charge is 0.487 e. The van der Waals surface area contributed by atoms with Crippen LogP contribution >= 0.6 is 0 Å². The highest BCUT2D eigenvalue weighted by molar-refractivity contribution is 6.06. The summed E-state index contributed by atoms with van der Waals surface area (Å²) in [7, 11) is 1.76. The van der Waals surface area contributed by atoms with Crippen LogP contribution in [0, 0.1) is 6.92 Å². The Morgan fingerprint density at radius 2 is 1.80 bits per heavy atom. The molecule has 0 spiro atoms. The Balaban J connectivity index is 1.51.